The number of carbonyl (C=O) groups is 1. The van der Waals surface area contributed by atoms with Crippen molar-refractivity contribution >= 4 is 16.8 Å². The predicted molar refractivity (Wildman–Crippen MR) is 91.8 cm³/mol. The van der Waals surface area contributed by atoms with E-state index >= 15 is 0 Å². The summed E-state index contributed by atoms with van der Waals surface area (Å²) in [6.45, 7) is 3.65. The van der Waals surface area contributed by atoms with Crippen LogP contribution in [0.15, 0.2) is 22.7 Å². The van der Waals surface area contributed by atoms with E-state index in [1.165, 1.54) is 6.07 Å². The van der Waals surface area contributed by atoms with Crippen LogP contribution in [-0.2, 0) is 17.6 Å². The Hall–Kier alpha value is -2.63. The molecule has 0 bridgehead atoms. The number of halogens is 1. The molecule has 0 spiro atoms. The van der Waals surface area contributed by atoms with Gasteiger partial charge in [0.1, 0.15) is 11.6 Å². The van der Waals surface area contributed by atoms with Crippen LogP contribution in [0.25, 0.3) is 10.9 Å². The topological polar surface area (TPSA) is 70.9 Å². The van der Waals surface area contributed by atoms with Crippen molar-refractivity contribution in [2.45, 2.75) is 45.6 Å². The molecule has 0 aliphatic heterocycles. The third-order valence-electron chi connectivity index (χ3n) is 5.02. The highest BCUT2D eigenvalue weighted by Gasteiger charge is 2.26. The maximum Gasteiger partial charge on any atom is 0.225 e. The summed E-state index contributed by atoms with van der Waals surface area (Å²) in [5.74, 6) is 0.383. The molecule has 4 rings (SSSR count). The van der Waals surface area contributed by atoms with E-state index in [9.17, 15) is 9.18 Å². The molecule has 5 nitrogen and oxygen atoms in total. The van der Waals surface area contributed by atoms with Crippen molar-refractivity contribution in [3.05, 3.63) is 52.3 Å². The van der Waals surface area contributed by atoms with Gasteiger partial charge in [0.25, 0.3) is 0 Å². The molecule has 25 heavy (non-hydrogen) atoms. The lowest BCUT2D eigenvalue weighted by Crippen LogP contribution is -2.32. The average Bonchev–Trinajstić information content (AvgIpc) is 3.10. The number of nitrogens with zero attached hydrogens (tertiary/aromatic N) is 1. The van der Waals surface area contributed by atoms with Gasteiger partial charge in [0, 0.05) is 22.2 Å². The van der Waals surface area contributed by atoms with Gasteiger partial charge in [-0.15, -0.1) is 0 Å². The molecule has 6 heteroatoms. The maximum absolute atomic E-state index is 13.6. The molecule has 3 aromatic rings. The molecular weight excluding hydrogens is 321 g/mol. The molecule has 2 aromatic heterocycles. The number of carbonyl (C=O) groups excluding carboxylic acids is 1. The number of benzene rings is 1. The number of H-pyrrole nitrogens is 1. The van der Waals surface area contributed by atoms with E-state index in [2.05, 4.69) is 15.5 Å². The lowest BCUT2D eigenvalue weighted by atomic mass is 9.91. The van der Waals surface area contributed by atoms with Crippen LogP contribution in [0.1, 0.15) is 47.2 Å². The zero-order chi connectivity index (χ0) is 17.6. The predicted octanol–water partition coefficient (Wildman–Crippen LogP) is 3.65. The Morgan fingerprint density at radius 1 is 1.44 bits per heavy atom. The fraction of sp³-hybridized carbons (Fsp3) is 0.368. The van der Waals surface area contributed by atoms with E-state index in [0.29, 0.717) is 5.76 Å². The Kier molecular flexibility index (Phi) is 3.82. The maximum atomic E-state index is 13.6. The van der Waals surface area contributed by atoms with Gasteiger partial charge in [-0.25, -0.2) is 4.39 Å². The van der Waals surface area contributed by atoms with Gasteiger partial charge in [0.15, 0.2) is 0 Å². The second kappa shape index (κ2) is 6.02. The van der Waals surface area contributed by atoms with Gasteiger partial charge in [-0.2, -0.15) is 0 Å². The van der Waals surface area contributed by atoms with E-state index in [1.54, 1.807) is 12.1 Å². The largest absolute Gasteiger partial charge is 0.361 e. The zero-order valence-electron chi connectivity index (χ0n) is 14.3. The molecular formula is C19H20FN3O2. The molecule has 1 aliphatic rings. The number of hydrogen-bond acceptors (Lipinski definition) is 3. The Labute approximate surface area is 144 Å². The van der Waals surface area contributed by atoms with Crippen LogP contribution in [0.3, 0.4) is 0 Å². The molecule has 2 heterocycles. The summed E-state index contributed by atoms with van der Waals surface area (Å²) < 4.78 is 18.7. The third kappa shape index (κ3) is 2.81. The van der Waals surface area contributed by atoms with Crippen LogP contribution in [0.4, 0.5) is 4.39 Å². The van der Waals surface area contributed by atoms with Crippen LogP contribution in [0, 0.1) is 19.7 Å². The summed E-state index contributed by atoms with van der Waals surface area (Å²) in [4.78, 5) is 15.9. The number of aromatic nitrogens is 2. The lowest BCUT2D eigenvalue weighted by molar-refractivity contribution is -0.121. The molecule has 0 unspecified atom stereocenters. The molecule has 0 fully saturated rings. The monoisotopic (exact) mass is 341 g/mol. The van der Waals surface area contributed by atoms with Crippen LogP contribution in [0.2, 0.25) is 0 Å². The van der Waals surface area contributed by atoms with Crippen molar-refractivity contribution in [2.24, 2.45) is 0 Å². The standard InChI is InChI=1S/C19H20FN3O2/c1-10-14(11(2)25-23-10)9-18(24)21-17-5-3-4-13-15-8-12(20)6-7-16(15)22-19(13)17/h6-8,17,22H,3-5,9H2,1-2H3,(H,21,24)/t17-/m1/s1. The molecule has 1 aliphatic carbocycles. The SMILES string of the molecule is Cc1noc(C)c1CC(=O)N[C@@H]1CCCc2c1[nH]c1ccc(F)cc21. The van der Waals surface area contributed by atoms with E-state index in [1.807, 2.05) is 13.8 Å². The van der Waals surface area contributed by atoms with Crippen molar-refractivity contribution in [3.63, 3.8) is 0 Å². The van der Waals surface area contributed by atoms with Crippen molar-refractivity contribution in [1.82, 2.24) is 15.5 Å². The molecule has 130 valence electrons. The molecule has 2 N–H and O–H groups in total. The molecule has 1 aromatic carbocycles. The molecule has 1 atom stereocenters. The number of nitrogens with one attached hydrogen (secondary N) is 2. The van der Waals surface area contributed by atoms with Crippen LogP contribution < -0.4 is 5.32 Å². The first kappa shape index (κ1) is 15.9. The Balaban J connectivity index is 1.59. The third-order valence-corrected chi connectivity index (χ3v) is 5.02. The van der Waals surface area contributed by atoms with Gasteiger partial charge in [0.05, 0.1) is 18.2 Å². The first-order valence-electron chi connectivity index (χ1n) is 8.54. The highest BCUT2D eigenvalue weighted by molar-refractivity contribution is 5.86. The van der Waals surface area contributed by atoms with Crippen molar-refractivity contribution in [2.75, 3.05) is 0 Å². The van der Waals surface area contributed by atoms with Crippen LogP contribution >= 0.6 is 0 Å². The van der Waals surface area contributed by atoms with Gasteiger partial charge in [-0.3, -0.25) is 4.79 Å². The fourth-order valence-corrected chi connectivity index (χ4v) is 3.74. The zero-order valence-corrected chi connectivity index (χ0v) is 14.3. The normalized spacial score (nSPS) is 16.8. The summed E-state index contributed by atoms with van der Waals surface area (Å²) in [5.41, 5.74) is 4.62. The van der Waals surface area contributed by atoms with E-state index in [4.69, 9.17) is 4.52 Å². The number of hydrogen-bond donors (Lipinski definition) is 2. The number of amides is 1. The average molecular weight is 341 g/mol. The number of aromatic amines is 1. The minimum atomic E-state index is -0.237. The van der Waals surface area contributed by atoms with Crippen molar-refractivity contribution in [3.8, 4) is 0 Å². The van der Waals surface area contributed by atoms with E-state index in [0.717, 1.165) is 52.7 Å². The fourth-order valence-electron chi connectivity index (χ4n) is 3.74. The Morgan fingerprint density at radius 2 is 2.28 bits per heavy atom. The second-order valence-electron chi connectivity index (χ2n) is 6.70. The van der Waals surface area contributed by atoms with Gasteiger partial charge in [-0.05, 0) is 56.9 Å². The van der Waals surface area contributed by atoms with Crippen molar-refractivity contribution < 1.29 is 13.7 Å². The van der Waals surface area contributed by atoms with Gasteiger partial charge >= 0.3 is 0 Å². The second-order valence-corrected chi connectivity index (χ2v) is 6.70. The highest BCUT2D eigenvalue weighted by Crippen LogP contribution is 2.35. The minimum Gasteiger partial charge on any atom is -0.361 e. The first-order valence-corrected chi connectivity index (χ1v) is 8.54. The number of fused-ring (bicyclic) bond motifs is 3. The summed E-state index contributed by atoms with van der Waals surface area (Å²) in [5, 5.41) is 7.92. The van der Waals surface area contributed by atoms with E-state index < -0.39 is 0 Å². The van der Waals surface area contributed by atoms with Gasteiger partial charge in [-0.1, -0.05) is 5.16 Å². The molecule has 0 saturated carbocycles. The summed E-state index contributed by atoms with van der Waals surface area (Å²) >= 11 is 0. The first-order chi connectivity index (χ1) is 12.0. The lowest BCUT2D eigenvalue weighted by Gasteiger charge is -2.24. The smallest absolute Gasteiger partial charge is 0.225 e. The molecule has 0 saturated heterocycles. The minimum absolute atomic E-state index is 0.0583. The van der Waals surface area contributed by atoms with Gasteiger partial charge < -0.3 is 14.8 Å². The number of aryl methyl sites for hydroxylation is 3. The van der Waals surface area contributed by atoms with E-state index in [-0.39, 0.29) is 24.2 Å². The number of rotatable bonds is 3. The summed E-state index contributed by atoms with van der Waals surface area (Å²) in [6, 6.07) is 4.70. The van der Waals surface area contributed by atoms with Crippen LogP contribution in [-0.4, -0.2) is 16.0 Å². The summed E-state index contributed by atoms with van der Waals surface area (Å²) in [6.07, 6.45) is 2.99. The summed E-state index contributed by atoms with van der Waals surface area (Å²) in [7, 11) is 0. The van der Waals surface area contributed by atoms with Crippen LogP contribution in [0.5, 0.6) is 0 Å². The highest BCUT2D eigenvalue weighted by atomic mass is 19.1. The molecule has 0 radical (unpaired) electrons. The van der Waals surface area contributed by atoms with Gasteiger partial charge in [0.2, 0.25) is 5.91 Å². The Bertz CT molecular complexity index is 938. The quantitative estimate of drug-likeness (QED) is 0.764. The Morgan fingerprint density at radius 3 is 3.04 bits per heavy atom. The molecule has 1 amide bonds. The van der Waals surface area contributed by atoms with Crippen molar-refractivity contribution in [1.29, 1.82) is 0 Å².